The summed E-state index contributed by atoms with van der Waals surface area (Å²) in [7, 11) is -3.87. The van der Waals surface area contributed by atoms with Crippen molar-refractivity contribution >= 4 is 32.6 Å². The van der Waals surface area contributed by atoms with E-state index in [0.717, 1.165) is 16.6 Å². The Balaban J connectivity index is 2.90. The minimum Gasteiger partial charge on any atom is -0.211 e. The van der Waals surface area contributed by atoms with Gasteiger partial charge in [0, 0.05) is 17.0 Å². The van der Waals surface area contributed by atoms with Crippen LogP contribution < -0.4 is 4.72 Å². The van der Waals surface area contributed by atoms with E-state index in [1.807, 2.05) is 0 Å². The molecule has 0 unspecified atom stereocenters. The highest BCUT2D eigenvalue weighted by atomic mass is 127. The van der Waals surface area contributed by atoms with Crippen LogP contribution >= 0.6 is 22.6 Å². The van der Waals surface area contributed by atoms with Gasteiger partial charge in [0.2, 0.25) is 10.0 Å². The number of rotatable bonds is 5. The summed E-state index contributed by atoms with van der Waals surface area (Å²) in [6.07, 6.45) is 0.655. The third-order valence-electron chi connectivity index (χ3n) is 1.79. The standard InChI is InChI=1S/C9H10F2INO2S/c10-7-2-3-9(8(11)6-7)16(14,15)13-5-1-4-12/h2-3,6,13H,1,4-5H2. The number of nitrogens with one attached hydrogen (secondary N) is 1. The predicted octanol–water partition coefficient (Wildman–Crippen LogP) is 2.07. The van der Waals surface area contributed by atoms with Gasteiger partial charge in [-0.25, -0.2) is 21.9 Å². The predicted molar refractivity (Wildman–Crippen MR) is 65.1 cm³/mol. The fourth-order valence-corrected chi connectivity index (χ4v) is 2.56. The Labute approximate surface area is 106 Å². The van der Waals surface area contributed by atoms with Gasteiger partial charge in [0.05, 0.1) is 0 Å². The molecule has 0 radical (unpaired) electrons. The topological polar surface area (TPSA) is 46.2 Å². The highest BCUT2D eigenvalue weighted by molar-refractivity contribution is 14.1. The largest absolute Gasteiger partial charge is 0.243 e. The molecule has 0 aliphatic heterocycles. The number of hydrogen-bond acceptors (Lipinski definition) is 2. The molecular formula is C9H10F2INO2S. The Morgan fingerprint density at radius 2 is 2.00 bits per heavy atom. The Morgan fingerprint density at radius 3 is 2.56 bits per heavy atom. The summed E-state index contributed by atoms with van der Waals surface area (Å²) >= 11 is 2.11. The molecule has 0 saturated heterocycles. The summed E-state index contributed by atoms with van der Waals surface area (Å²) in [6, 6.07) is 2.37. The third kappa shape index (κ3) is 3.63. The van der Waals surface area contributed by atoms with Crippen molar-refractivity contribution in [3.63, 3.8) is 0 Å². The van der Waals surface area contributed by atoms with Gasteiger partial charge in [-0.3, -0.25) is 0 Å². The molecule has 90 valence electrons. The molecule has 3 nitrogen and oxygen atoms in total. The van der Waals surface area contributed by atoms with E-state index >= 15 is 0 Å². The molecule has 0 atom stereocenters. The van der Waals surface area contributed by atoms with E-state index in [-0.39, 0.29) is 6.54 Å². The Bertz CT molecular complexity index is 465. The zero-order chi connectivity index (χ0) is 12.2. The van der Waals surface area contributed by atoms with E-state index in [9.17, 15) is 17.2 Å². The maximum Gasteiger partial charge on any atom is 0.243 e. The summed E-state index contributed by atoms with van der Waals surface area (Å²) in [6.45, 7) is 0.238. The monoisotopic (exact) mass is 361 g/mol. The van der Waals surface area contributed by atoms with Crippen molar-refractivity contribution in [2.75, 3.05) is 11.0 Å². The highest BCUT2D eigenvalue weighted by Crippen LogP contribution is 2.15. The van der Waals surface area contributed by atoms with Gasteiger partial charge < -0.3 is 0 Å². The molecule has 7 heteroatoms. The summed E-state index contributed by atoms with van der Waals surface area (Å²) in [5, 5.41) is 0. The molecular weight excluding hydrogens is 351 g/mol. The van der Waals surface area contributed by atoms with E-state index in [4.69, 9.17) is 0 Å². The van der Waals surface area contributed by atoms with Crippen molar-refractivity contribution in [2.24, 2.45) is 0 Å². The van der Waals surface area contributed by atoms with Crippen LogP contribution in [0.4, 0.5) is 8.78 Å². The molecule has 0 spiro atoms. The van der Waals surface area contributed by atoms with E-state index in [1.165, 1.54) is 0 Å². The molecule has 0 aliphatic carbocycles. The number of halogens is 3. The first-order chi connectivity index (χ1) is 7.47. The van der Waals surface area contributed by atoms with Crippen LogP contribution in [0, 0.1) is 11.6 Å². The second-order valence-electron chi connectivity index (χ2n) is 3.02. The lowest BCUT2D eigenvalue weighted by molar-refractivity contribution is 0.543. The Kier molecular flexibility index (Phi) is 5.06. The lowest BCUT2D eigenvalue weighted by Crippen LogP contribution is -2.25. The molecule has 0 aromatic heterocycles. The van der Waals surface area contributed by atoms with Gasteiger partial charge in [0.25, 0.3) is 0 Å². The number of hydrogen-bond donors (Lipinski definition) is 1. The molecule has 0 fully saturated rings. The summed E-state index contributed by atoms with van der Waals surface area (Å²) < 4.78 is 51.9. The number of benzene rings is 1. The SMILES string of the molecule is O=S(=O)(NCCCI)c1ccc(F)cc1F. The average molecular weight is 361 g/mol. The summed E-state index contributed by atoms with van der Waals surface area (Å²) in [4.78, 5) is -0.526. The van der Waals surface area contributed by atoms with Gasteiger partial charge >= 0.3 is 0 Å². The number of alkyl halides is 1. The van der Waals surface area contributed by atoms with Crippen molar-refractivity contribution in [1.29, 1.82) is 0 Å². The molecule has 1 aromatic carbocycles. The van der Waals surface area contributed by atoms with Crippen molar-refractivity contribution in [3.8, 4) is 0 Å². The summed E-state index contributed by atoms with van der Waals surface area (Å²) in [5.74, 6) is -1.88. The minimum atomic E-state index is -3.87. The molecule has 0 amide bonds. The van der Waals surface area contributed by atoms with Crippen LogP contribution in [0.15, 0.2) is 23.1 Å². The fraction of sp³-hybridized carbons (Fsp3) is 0.333. The van der Waals surface area contributed by atoms with E-state index in [2.05, 4.69) is 27.3 Å². The molecule has 1 N–H and O–H groups in total. The van der Waals surface area contributed by atoms with Gasteiger partial charge in [0.15, 0.2) is 0 Å². The first-order valence-electron chi connectivity index (χ1n) is 4.48. The van der Waals surface area contributed by atoms with Crippen LogP contribution in [0.1, 0.15) is 6.42 Å². The van der Waals surface area contributed by atoms with Crippen LogP contribution in [0.2, 0.25) is 0 Å². The molecule has 0 heterocycles. The smallest absolute Gasteiger partial charge is 0.211 e. The average Bonchev–Trinajstić information content (AvgIpc) is 2.17. The first kappa shape index (κ1) is 13.8. The zero-order valence-electron chi connectivity index (χ0n) is 8.21. The lowest BCUT2D eigenvalue weighted by Gasteiger charge is -2.06. The normalized spacial score (nSPS) is 11.7. The highest BCUT2D eigenvalue weighted by Gasteiger charge is 2.18. The third-order valence-corrected chi connectivity index (χ3v) is 4.04. The lowest BCUT2D eigenvalue weighted by atomic mass is 10.3. The molecule has 1 aromatic rings. The van der Waals surface area contributed by atoms with Gasteiger partial charge in [-0.2, -0.15) is 0 Å². The van der Waals surface area contributed by atoms with E-state index < -0.39 is 26.6 Å². The molecule has 0 aliphatic rings. The van der Waals surface area contributed by atoms with Gasteiger partial charge in [-0.15, -0.1) is 0 Å². The molecule has 0 saturated carbocycles. The minimum absolute atomic E-state index is 0.238. The first-order valence-corrected chi connectivity index (χ1v) is 7.49. The van der Waals surface area contributed by atoms with Crippen LogP contribution in [0.5, 0.6) is 0 Å². The van der Waals surface area contributed by atoms with Crippen LogP contribution in [-0.4, -0.2) is 19.4 Å². The Hall–Kier alpha value is -0.280. The molecule has 1 rings (SSSR count). The van der Waals surface area contributed by atoms with E-state index in [1.54, 1.807) is 0 Å². The summed E-state index contributed by atoms with van der Waals surface area (Å²) in [5.41, 5.74) is 0. The van der Waals surface area contributed by atoms with Crippen LogP contribution in [0.3, 0.4) is 0 Å². The van der Waals surface area contributed by atoms with Gasteiger partial charge in [-0.1, -0.05) is 22.6 Å². The van der Waals surface area contributed by atoms with Gasteiger partial charge in [0.1, 0.15) is 16.5 Å². The second-order valence-corrected chi connectivity index (χ2v) is 5.83. The van der Waals surface area contributed by atoms with Crippen LogP contribution in [-0.2, 0) is 10.0 Å². The zero-order valence-corrected chi connectivity index (χ0v) is 11.2. The maximum atomic E-state index is 13.2. The van der Waals surface area contributed by atoms with Crippen molar-refractivity contribution in [3.05, 3.63) is 29.8 Å². The second kappa shape index (κ2) is 5.87. The number of sulfonamides is 1. The van der Waals surface area contributed by atoms with E-state index in [0.29, 0.717) is 12.5 Å². The fourth-order valence-electron chi connectivity index (χ4n) is 1.04. The quantitative estimate of drug-likeness (QED) is 0.496. The van der Waals surface area contributed by atoms with Crippen LogP contribution in [0.25, 0.3) is 0 Å². The van der Waals surface area contributed by atoms with Crippen molar-refractivity contribution in [1.82, 2.24) is 4.72 Å². The maximum absolute atomic E-state index is 13.2. The van der Waals surface area contributed by atoms with Gasteiger partial charge in [-0.05, 0) is 18.6 Å². The molecule has 16 heavy (non-hydrogen) atoms. The molecule has 0 bridgehead atoms. The Morgan fingerprint density at radius 1 is 1.31 bits per heavy atom. The van der Waals surface area contributed by atoms with Crippen molar-refractivity contribution < 1.29 is 17.2 Å². The van der Waals surface area contributed by atoms with Crippen molar-refractivity contribution in [2.45, 2.75) is 11.3 Å².